The molecule has 2 aromatic carbocycles. The Morgan fingerprint density at radius 1 is 1.12 bits per heavy atom. The Labute approximate surface area is 137 Å². The molecule has 2 aromatic rings. The number of hydrogen-bond donors (Lipinski definition) is 2. The monoisotopic (exact) mass is 348 g/mol. The molecular weight excluding hydrogens is 335 g/mol. The van der Waals surface area contributed by atoms with E-state index in [-0.39, 0.29) is 16.1 Å². The molecular formula is C16H13FN2O4S. The maximum atomic E-state index is 13.7. The number of rotatable bonds is 2. The number of halogens is 1. The Morgan fingerprint density at radius 3 is 2.46 bits per heavy atom. The Balaban J connectivity index is 2.10. The van der Waals surface area contributed by atoms with Crippen molar-refractivity contribution in [2.75, 3.05) is 12.4 Å². The predicted molar refractivity (Wildman–Crippen MR) is 86.0 cm³/mol. The van der Waals surface area contributed by atoms with E-state index in [0.29, 0.717) is 4.31 Å². The van der Waals surface area contributed by atoms with Gasteiger partial charge in [0, 0.05) is 12.6 Å². The number of para-hydroxylation sites is 1. The third-order valence-electron chi connectivity index (χ3n) is 3.66. The van der Waals surface area contributed by atoms with Crippen molar-refractivity contribution in [2.45, 2.75) is 4.90 Å². The van der Waals surface area contributed by atoms with Gasteiger partial charge in [-0.25, -0.2) is 12.8 Å². The van der Waals surface area contributed by atoms with Crippen LogP contribution >= 0.6 is 0 Å². The van der Waals surface area contributed by atoms with Gasteiger partial charge in [0.2, 0.25) is 0 Å². The van der Waals surface area contributed by atoms with Crippen LogP contribution in [0.5, 0.6) is 0 Å². The molecule has 0 saturated carbocycles. The Morgan fingerprint density at radius 2 is 1.75 bits per heavy atom. The molecule has 0 aromatic heterocycles. The minimum absolute atomic E-state index is 0.0225. The lowest BCUT2D eigenvalue weighted by Gasteiger charge is -2.28. The van der Waals surface area contributed by atoms with Crippen LogP contribution in [0.25, 0.3) is 5.76 Å². The van der Waals surface area contributed by atoms with Gasteiger partial charge in [0.05, 0.1) is 10.6 Å². The summed E-state index contributed by atoms with van der Waals surface area (Å²) in [6.07, 6.45) is 0. The lowest BCUT2D eigenvalue weighted by molar-refractivity contribution is -0.113. The summed E-state index contributed by atoms with van der Waals surface area (Å²) in [5.41, 5.74) is -0.571. The van der Waals surface area contributed by atoms with Crippen LogP contribution in [0, 0.1) is 5.82 Å². The van der Waals surface area contributed by atoms with Crippen molar-refractivity contribution in [2.24, 2.45) is 0 Å². The first-order valence-corrected chi connectivity index (χ1v) is 8.35. The summed E-state index contributed by atoms with van der Waals surface area (Å²) in [6, 6.07) is 11.2. The number of aliphatic hydroxyl groups is 1. The number of carbonyl (C=O) groups is 1. The smallest absolute Gasteiger partial charge is 0.276 e. The van der Waals surface area contributed by atoms with Gasteiger partial charge in [0.25, 0.3) is 15.9 Å². The summed E-state index contributed by atoms with van der Waals surface area (Å²) >= 11 is 0. The van der Waals surface area contributed by atoms with Crippen LogP contribution in [0.3, 0.4) is 0 Å². The summed E-state index contributed by atoms with van der Waals surface area (Å²) in [5, 5.41) is 12.6. The van der Waals surface area contributed by atoms with Crippen LogP contribution in [0.15, 0.2) is 59.1 Å². The van der Waals surface area contributed by atoms with E-state index in [4.69, 9.17) is 0 Å². The van der Waals surface area contributed by atoms with Gasteiger partial charge in [-0.15, -0.1) is 0 Å². The Hall–Kier alpha value is -2.87. The molecule has 0 aliphatic carbocycles. The number of carbonyl (C=O) groups excluding carboxylic acids is 1. The number of likely N-dealkylation sites (N-methyl/N-ethyl adjacent to an activating group) is 1. The number of nitrogens with zero attached hydrogens (tertiary/aromatic N) is 1. The Bertz CT molecular complexity index is 970. The van der Waals surface area contributed by atoms with Gasteiger partial charge >= 0.3 is 0 Å². The van der Waals surface area contributed by atoms with E-state index in [9.17, 15) is 22.7 Å². The fourth-order valence-corrected chi connectivity index (χ4v) is 3.82. The molecule has 24 heavy (non-hydrogen) atoms. The molecule has 1 amide bonds. The standard InChI is InChI=1S/C16H13FN2O4S/c1-19-14(16(21)18-12-8-4-3-7-11(12)17)15(20)10-6-2-5-9-13(10)24(19,22)23/h2-9,20H,1H3,(H,18,21). The van der Waals surface area contributed by atoms with Gasteiger partial charge in [0.1, 0.15) is 5.82 Å². The van der Waals surface area contributed by atoms with Gasteiger partial charge in [-0.2, -0.15) is 0 Å². The van der Waals surface area contributed by atoms with Crippen molar-refractivity contribution in [3.8, 4) is 0 Å². The van der Waals surface area contributed by atoms with Crippen LogP contribution in [-0.2, 0) is 14.8 Å². The molecule has 1 aliphatic rings. The van der Waals surface area contributed by atoms with Gasteiger partial charge in [-0.3, -0.25) is 9.10 Å². The first-order valence-electron chi connectivity index (χ1n) is 6.91. The van der Waals surface area contributed by atoms with Gasteiger partial charge in [-0.1, -0.05) is 24.3 Å². The molecule has 0 spiro atoms. The van der Waals surface area contributed by atoms with Gasteiger partial charge < -0.3 is 10.4 Å². The highest BCUT2D eigenvalue weighted by Crippen LogP contribution is 2.34. The fourth-order valence-electron chi connectivity index (χ4n) is 2.43. The number of fused-ring (bicyclic) bond motifs is 1. The summed E-state index contributed by atoms with van der Waals surface area (Å²) < 4.78 is 39.4. The molecule has 6 nitrogen and oxygen atoms in total. The maximum Gasteiger partial charge on any atom is 0.276 e. The Kier molecular flexibility index (Phi) is 3.76. The molecule has 0 atom stereocenters. The highest BCUT2D eigenvalue weighted by molar-refractivity contribution is 7.89. The molecule has 1 heterocycles. The molecule has 3 rings (SSSR count). The lowest BCUT2D eigenvalue weighted by Crippen LogP contribution is -2.37. The largest absolute Gasteiger partial charge is 0.505 e. The van der Waals surface area contributed by atoms with Crippen molar-refractivity contribution in [3.05, 3.63) is 65.6 Å². The van der Waals surface area contributed by atoms with Crippen LogP contribution < -0.4 is 5.32 Å². The highest BCUT2D eigenvalue weighted by Gasteiger charge is 2.37. The third-order valence-corrected chi connectivity index (χ3v) is 5.47. The van der Waals surface area contributed by atoms with Crippen LogP contribution in [0.2, 0.25) is 0 Å². The van der Waals surface area contributed by atoms with E-state index in [1.807, 2.05) is 0 Å². The van der Waals surface area contributed by atoms with Gasteiger partial charge in [-0.05, 0) is 24.3 Å². The van der Waals surface area contributed by atoms with Crippen LogP contribution in [-0.4, -0.2) is 30.8 Å². The molecule has 0 fully saturated rings. The second-order valence-electron chi connectivity index (χ2n) is 5.10. The molecule has 124 valence electrons. The summed E-state index contributed by atoms with van der Waals surface area (Å²) in [5.74, 6) is -2.09. The number of hydrogen-bond acceptors (Lipinski definition) is 4. The molecule has 2 N–H and O–H groups in total. The quantitative estimate of drug-likeness (QED) is 0.872. The van der Waals surface area contributed by atoms with E-state index in [1.54, 1.807) is 6.07 Å². The average Bonchev–Trinajstić information content (AvgIpc) is 2.56. The topological polar surface area (TPSA) is 86.7 Å². The van der Waals surface area contributed by atoms with Crippen molar-refractivity contribution >= 4 is 27.4 Å². The number of amides is 1. The first kappa shape index (κ1) is 16.0. The average molecular weight is 348 g/mol. The number of aliphatic hydroxyl groups excluding tert-OH is 1. The number of benzene rings is 2. The van der Waals surface area contributed by atoms with Crippen molar-refractivity contribution < 1.29 is 22.7 Å². The van der Waals surface area contributed by atoms with Crippen LogP contribution in [0.1, 0.15) is 5.56 Å². The third kappa shape index (κ3) is 2.41. The van der Waals surface area contributed by atoms with Gasteiger partial charge in [0.15, 0.2) is 11.5 Å². The zero-order chi connectivity index (χ0) is 17.5. The molecule has 0 radical (unpaired) electrons. The number of nitrogens with one attached hydrogen (secondary N) is 1. The fraction of sp³-hybridized carbons (Fsp3) is 0.0625. The molecule has 0 unspecified atom stereocenters. The minimum atomic E-state index is -3.99. The summed E-state index contributed by atoms with van der Waals surface area (Å²) in [6.45, 7) is 0. The highest BCUT2D eigenvalue weighted by atomic mass is 32.2. The SMILES string of the molecule is CN1C(C(=O)Nc2ccccc2F)=C(O)c2ccccc2S1(=O)=O. The normalized spacial score (nSPS) is 15.8. The predicted octanol–water partition coefficient (Wildman–Crippen LogP) is 2.33. The number of anilines is 1. The molecule has 1 aliphatic heterocycles. The first-order chi connectivity index (χ1) is 11.3. The van der Waals surface area contributed by atoms with E-state index in [0.717, 1.165) is 13.1 Å². The lowest BCUT2D eigenvalue weighted by atomic mass is 10.1. The zero-order valence-corrected chi connectivity index (χ0v) is 13.3. The summed E-state index contributed by atoms with van der Waals surface area (Å²) in [4.78, 5) is 12.3. The van der Waals surface area contributed by atoms with E-state index in [2.05, 4.69) is 5.32 Å². The van der Waals surface area contributed by atoms with E-state index in [1.165, 1.54) is 36.4 Å². The maximum absolute atomic E-state index is 13.7. The van der Waals surface area contributed by atoms with Crippen LogP contribution in [0.4, 0.5) is 10.1 Å². The van der Waals surface area contributed by atoms with E-state index >= 15 is 0 Å². The van der Waals surface area contributed by atoms with E-state index < -0.39 is 33.2 Å². The molecule has 0 bridgehead atoms. The second kappa shape index (κ2) is 5.64. The molecule has 8 heteroatoms. The number of sulfonamides is 1. The van der Waals surface area contributed by atoms with Crippen molar-refractivity contribution in [3.63, 3.8) is 0 Å². The summed E-state index contributed by atoms with van der Waals surface area (Å²) in [7, 11) is -2.84. The zero-order valence-electron chi connectivity index (χ0n) is 12.5. The minimum Gasteiger partial charge on any atom is -0.505 e. The van der Waals surface area contributed by atoms with Crippen molar-refractivity contribution in [1.82, 2.24) is 4.31 Å². The second-order valence-corrected chi connectivity index (χ2v) is 7.04. The molecule has 0 saturated heterocycles. The van der Waals surface area contributed by atoms with Crippen molar-refractivity contribution in [1.29, 1.82) is 0 Å².